The van der Waals surface area contributed by atoms with Gasteiger partial charge in [-0.05, 0) is 12.1 Å². The van der Waals surface area contributed by atoms with Crippen LogP contribution in [-0.2, 0) is 16.0 Å². The van der Waals surface area contributed by atoms with E-state index in [1.54, 1.807) is 6.07 Å². The molecule has 0 radical (unpaired) electrons. The molecule has 2 aromatic heterocycles. The highest BCUT2D eigenvalue weighted by molar-refractivity contribution is 7.19. The van der Waals surface area contributed by atoms with Crippen molar-refractivity contribution in [2.24, 2.45) is 0 Å². The maximum Gasteiger partial charge on any atom is 0.351 e. The second-order valence-corrected chi connectivity index (χ2v) is 4.93. The normalized spacial score (nSPS) is 10.5. The summed E-state index contributed by atoms with van der Waals surface area (Å²) in [7, 11) is 2.68. The van der Waals surface area contributed by atoms with E-state index in [-0.39, 0.29) is 17.7 Å². The Morgan fingerprint density at radius 3 is 2.78 bits per heavy atom. The summed E-state index contributed by atoms with van der Waals surface area (Å²) in [5.41, 5.74) is -0.464. The summed E-state index contributed by atoms with van der Waals surface area (Å²) in [6, 6.07) is 3.07. The Labute approximate surface area is 107 Å². The Balaban J connectivity index is 2.54. The quantitative estimate of drug-likeness (QED) is 0.590. The molecule has 0 bridgehead atoms. The topological polar surface area (TPSA) is 73.6 Å². The number of ether oxygens (including phenoxy) is 1. The van der Waals surface area contributed by atoms with Crippen molar-refractivity contribution in [3.05, 3.63) is 33.0 Å². The first-order valence-electron chi connectivity index (χ1n) is 5.15. The summed E-state index contributed by atoms with van der Waals surface area (Å²) in [6.07, 6.45) is 0.288. The average Bonchev–Trinajstić information content (AvgIpc) is 2.67. The van der Waals surface area contributed by atoms with Crippen molar-refractivity contribution in [2.45, 2.75) is 6.42 Å². The van der Waals surface area contributed by atoms with Crippen LogP contribution in [-0.4, -0.2) is 26.6 Å². The van der Waals surface area contributed by atoms with Crippen molar-refractivity contribution in [3.8, 4) is 0 Å². The number of hydrogen-bond acceptors (Lipinski definition) is 6. The number of thiophene rings is 1. The zero-order valence-electron chi connectivity index (χ0n) is 9.81. The van der Waals surface area contributed by atoms with Gasteiger partial charge in [0.25, 0.3) is 0 Å². The van der Waals surface area contributed by atoms with Crippen molar-refractivity contribution in [1.29, 1.82) is 0 Å². The Hall–Kier alpha value is -1.89. The number of esters is 1. The van der Waals surface area contributed by atoms with Crippen LogP contribution in [0, 0.1) is 0 Å². The molecule has 0 spiro atoms. The van der Waals surface area contributed by atoms with Gasteiger partial charge in [0.05, 0.1) is 17.5 Å². The molecule has 92 valence electrons. The monoisotopic (exact) mass is 264 g/mol. The summed E-state index contributed by atoms with van der Waals surface area (Å²) in [4.78, 5) is 34.7. The minimum atomic E-state index is -0.735. The van der Waals surface area contributed by atoms with Crippen LogP contribution in [0.25, 0.3) is 10.3 Å². The molecule has 2 heterocycles. The molecule has 5 nitrogen and oxygen atoms in total. The molecule has 0 aromatic carbocycles. The summed E-state index contributed by atoms with van der Waals surface area (Å²) >= 11 is 1.32. The minimum Gasteiger partial charge on any atom is -0.465 e. The molecule has 0 atom stereocenters. The first-order chi connectivity index (χ1) is 8.51. The van der Waals surface area contributed by atoms with E-state index in [0.29, 0.717) is 10.3 Å². The maximum absolute atomic E-state index is 11.5. The van der Waals surface area contributed by atoms with Gasteiger partial charge in [0.2, 0.25) is 0 Å². The second-order valence-electron chi connectivity index (χ2n) is 3.76. The summed E-state index contributed by atoms with van der Waals surface area (Å²) in [6.45, 7) is 0. The van der Waals surface area contributed by atoms with Gasteiger partial charge in [-0.3, -0.25) is 0 Å². The van der Waals surface area contributed by atoms with Crippen LogP contribution in [0.1, 0.15) is 15.2 Å². The fraction of sp³-hybridized carbons (Fsp3) is 0.182. The molecule has 0 saturated heterocycles. The Bertz CT molecular complexity index is 684. The molecular weight excluding hydrogens is 255 g/mol. The second kappa shape index (κ2) is 4.77. The van der Waals surface area contributed by atoms with Crippen molar-refractivity contribution in [3.63, 3.8) is 0 Å². The number of fused-ring (bicyclic) bond motifs is 1. The third-order valence-corrected chi connectivity index (χ3v) is 3.37. The molecule has 0 aliphatic heterocycles. The van der Waals surface area contributed by atoms with Crippen LogP contribution in [0.5, 0.6) is 0 Å². The average molecular weight is 264 g/mol. The Morgan fingerprint density at radius 2 is 2.17 bits per heavy atom. The molecule has 0 aliphatic carbocycles. The zero-order valence-corrected chi connectivity index (χ0v) is 10.6. The largest absolute Gasteiger partial charge is 0.465 e. The van der Waals surface area contributed by atoms with E-state index in [2.05, 4.69) is 4.74 Å². The van der Waals surface area contributed by atoms with Gasteiger partial charge in [-0.15, -0.1) is 11.3 Å². The van der Waals surface area contributed by atoms with Crippen molar-refractivity contribution < 1.29 is 18.7 Å². The van der Waals surface area contributed by atoms with Crippen LogP contribution in [0.3, 0.4) is 0 Å². The number of rotatable bonds is 3. The lowest BCUT2D eigenvalue weighted by molar-refractivity contribution is -0.111. The fourth-order valence-corrected chi connectivity index (χ4v) is 2.65. The molecule has 0 unspecified atom stereocenters. The standard InChI is InChI=1S/C11H9BO5S/c1-16-10(14)6-4-8-7(17-11(6)15)2-5(18-8)3-9(12)13/h2,4H,3,12H2,1H3. The molecule has 0 saturated carbocycles. The summed E-state index contributed by atoms with van der Waals surface area (Å²) in [5.74, 6) is -0.729. The van der Waals surface area contributed by atoms with Crippen LogP contribution < -0.4 is 5.63 Å². The van der Waals surface area contributed by atoms with Gasteiger partial charge in [-0.2, -0.15) is 0 Å². The number of carbonyl (C=O) groups excluding carboxylic acids is 2. The van der Waals surface area contributed by atoms with E-state index in [4.69, 9.17) is 4.42 Å². The van der Waals surface area contributed by atoms with E-state index in [0.717, 1.165) is 4.88 Å². The van der Waals surface area contributed by atoms with E-state index in [1.807, 2.05) is 0 Å². The maximum atomic E-state index is 11.5. The van der Waals surface area contributed by atoms with Crippen LogP contribution >= 0.6 is 11.3 Å². The highest BCUT2D eigenvalue weighted by Gasteiger charge is 2.15. The van der Waals surface area contributed by atoms with Gasteiger partial charge < -0.3 is 13.9 Å². The smallest absolute Gasteiger partial charge is 0.351 e. The molecule has 7 heteroatoms. The SMILES string of the molecule is BC(=O)Cc1cc2oc(=O)c(C(=O)OC)cc2s1. The van der Waals surface area contributed by atoms with Crippen LogP contribution in [0.4, 0.5) is 0 Å². The highest BCUT2D eigenvalue weighted by Crippen LogP contribution is 2.25. The third kappa shape index (κ3) is 2.35. The van der Waals surface area contributed by atoms with Gasteiger partial charge in [0.1, 0.15) is 11.1 Å². The lowest BCUT2D eigenvalue weighted by atomic mass is 9.99. The highest BCUT2D eigenvalue weighted by atomic mass is 32.1. The Morgan fingerprint density at radius 1 is 1.44 bits per heavy atom. The van der Waals surface area contributed by atoms with Gasteiger partial charge in [-0.25, -0.2) is 9.59 Å². The van der Waals surface area contributed by atoms with Gasteiger partial charge in [-0.1, -0.05) is 0 Å². The molecular formula is C11H9BO5S. The van der Waals surface area contributed by atoms with Gasteiger partial charge in [0.15, 0.2) is 7.85 Å². The minimum absolute atomic E-state index is 0.0251. The van der Waals surface area contributed by atoms with Gasteiger partial charge in [0, 0.05) is 11.3 Å². The lowest BCUT2D eigenvalue weighted by Crippen LogP contribution is -2.14. The van der Waals surface area contributed by atoms with Crippen molar-refractivity contribution in [2.75, 3.05) is 7.11 Å². The zero-order chi connectivity index (χ0) is 13.3. The molecule has 0 aliphatic rings. The number of hydrogen-bond donors (Lipinski definition) is 0. The molecule has 0 N–H and O–H groups in total. The van der Waals surface area contributed by atoms with E-state index < -0.39 is 11.6 Å². The van der Waals surface area contributed by atoms with Crippen LogP contribution in [0.15, 0.2) is 21.3 Å². The Kier molecular flexibility index (Phi) is 3.33. The first-order valence-corrected chi connectivity index (χ1v) is 5.97. The van der Waals surface area contributed by atoms with E-state index in [1.165, 1.54) is 32.4 Å². The first kappa shape index (κ1) is 12.6. The van der Waals surface area contributed by atoms with Crippen molar-refractivity contribution in [1.82, 2.24) is 0 Å². The van der Waals surface area contributed by atoms with E-state index >= 15 is 0 Å². The van der Waals surface area contributed by atoms with Gasteiger partial charge >= 0.3 is 11.6 Å². The lowest BCUT2D eigenvalue weighted by Gasteiger charge is -1.96. The molecule has 2 aromatic rings. The molecule has 18 heavy (non-hydrogen) atoms. The summed E-state index contributed by atoms with van der Waals surface area (Å²) < 4.78 is 10.2. The molecule has 0 amide bonds. The molecule has 0 fully saturated rings. The van der Waals surface area contributed by atoms with Crippen molar-refractivity contribution >= 4 is 41.1 Å². The number of methoxy groups -OCH3 is 1. The number of carbonyl (C=O) groups is 2. The predicted octanol–water partition coefficient (Wildman–Crippen LogP) is 0.343. The fourth-order valence-electron chi connectivity index (χ4n) is 1.55. The predicted molar refractivity (Wildman–Crippen MR) is 69.0 cm³/mol. The van der Waals surface area contributed by atoms with E-state index in [9.17, 15) is 14.4 Å². The molecule has 2 rings (SSSR count). The third-order valence-electron chi connectivity index (χ3n) is 2.30. The summed E-state index contributed by atoms with van der Waals surface area (Å²) in [5, 5.41) is 0. The van der Waals surface area contributed by atoms with Crippen LogP contribution in [0.2, 0.25) is 0 Å².